The normalized spacial score (nSPS) is 10.3. The summed E-state index contributed by atoms with van der Waals surface area (Å²) in [6.07, 6.45) is 0.777. The second-order valence-corrected chi connectivity index (χ2v) is 6.35. The first-order chi connectivity index (χ1) is 13.4. The van der Waals surface area contributed by atoms with Crippen molar-refractivity contribution in [3.8, 4) is 0 Å². The molecular formula is C22H26N2O4. The number of aryl methyl sites for hydroxylation is 2. The molecule has 0 bridgehead atoms. The Bertz CT molecular complexity index is 877. The lowest BCUT2D eigenvalue weighted by atomic mass is 10.1. The van der Waals surface area contributed by atoms with Gasteiger partial charge in [0.25, 0.3) is 0 Å². The Hall–Kier alpha value is -3.15. The van der Waals surface area contributed by atoms with Gasteiger partial charge >= 0.3 is 5.97 Å². The maximum Gasteiger partial charge on any atom is 0.340 e. The fourth-order valence-corrected chi connectivity index (χ4v) is 2.98. The third-order valence-corrected chi connectivity index (χ3v) is 4.38. The average molecular weight is 382 g/mol. The maximum absolute atomic E-state index is 12.7. The highest BCUT2D eigenvalue weighted by atomic mass is 16.5. The molecule has 0 heterocycles. The van der Waals surface area contributed by atoms with Crippen LogP contribution in [0.2, 0.25) is 0 Å². The number of amides is 2. The Kier molecular flexibility index (Phi) is 7.32. The lowest BCUT2D eigenvalue weighted by Gasteiger charge is -2.23. The standard InChI is InChI=1S/C22H26N2O4/c1-5-17-11-9-10-15(3)21(17)23-20(26)14-24(16(4)25)19-13-8-7-12-18(19)22(27)28-6-2/h7-13H,5-6,14H2,1-4H3,(H,23,26). The minimum Gasteiger partial charge on any atom is -0.462 e. The zero-order valence-corrected chi connectivity index (χ0v) is 16.7. The summed E-state index contributed by atoms with van der Waals surface area (Å²) in [6.45, 7) is 7.03. The van der Waals surface area contributed by atoms with Gasteiger partial charge in [0.2, 0.25) is 11.8 Å². The lowest BCUT2D eigenvalue weighted by molar-refractivity contribution is -0.120. The summed E-state index contributed by atoms with van der Waals surface area (Å²) in [4.78, 5) is 38.5. The van der Waals surface area contributed by atoms with E-state index in [2.05, 4.69) is 5.32 Å². The molecule has 0 aliphatic rings. The number of para-hydroxylation sites is 2. The van der Waals surface area contributed by atoms with Crippen LogP contribution in [-0.2, 0) is 20.7 Å². The molecule has 2 aromatic rings. The van der Waals surface area contributed by atoms with Crippen molar-refractivity contribution in [2.45, 2.75) is 34.1 Å². The number of hydrogen-bond acceptors (Lipinski definition) is 4. The predicted molar refractivity (Wildman–Crippen MR) is 110 cm³/mol. The Morgan fingerprint density at radius 3 is 2.39 bits per heavy atom. The summed E-state index contributed by atoms with van der Waals surface area (Å²) in [5.41, 5.74) is 3.34. The largest absolute Gasteiger partial charge is 0.462 e. The van der Waals surface area contributed by atoms with Crippen molar-refractivity contribution in [3.05, 3.63) is 59.2 Å². The summed E-state index contributed by atoms with van der Waals surface area (Å²) in [7, 11) is 0. The predicted octanol–water partition coefficient (Wildman–Crippen LogP) is 3.73. The van der Waals surface area contributed by atoms with Gasteiger partial charge in [-0.05, 0) is 43.5 Å². The number of ether oxygens (including phenoxy) is 1. The van der Waals surface area contributed by atoms with E-state index in [1.54, 1.807) is 31.2 Å². The number of nitrogens with zero attached hydrogens (tertiary/aromatic N) is 1. The number of carbonyl (C=O) groups is 3. The molecule has 0 aliphatic heterocycles. The SMILES string of the molecule is CCOC(=O)c1ccccc1N(CC(=O)Nc1c(C)cccc1CC)C(C)=O. The molecule has 28 heavy (non-hydrogen) atoms. The van der Waals surface area contributed by atoms with E-state index < -0.39 is 5.97 Å². The number of esters is 1. The summed E-state index contributed by atoms with van der Waals surface area (Å²) in [5.74, 6) is -1.21. The summed E-state index contributed by atoms with van der Waals surface area (Å²) < 4.78 is 5.07. The molecule has 0 saturated heterocycles. The number of rotatable bonds is 7. The van der Waals surface area contributed by atoms with E-state index in [1.807, 2.05) is 32.0 Å². The molecule has 2 amide bonds. The quantitative estimate of drug-likeness (QED) is 0.741. The van der Waals surface area contributed by atoms with Crippen molar-refractivity contribution in [1.82, 2.24) is 0 Å². The second-order valence-electron chi connectivity index (χ2n) is 6.35. The number of benzene rings is 2. The number of hydrogen-bond donors (Lipinski definition) is 1. The van der Waals surface area contributed by atoms with E-state index in [4.69, 9.17) is 4.74 Å². The molecule has 2 aromatic carbocycles. The highest BCUT2D eigenvalue weighted by Crippen LogP contribution is 2.23. The Labute approximate surface area is 165 Å². The average Bonchev–Trinajstić information content (AvgIpc) is 2.67. The number of anilines is 2. The van der Waals surface area contributed by atoms with E-state index in [-0.39, 0.29) is 30.5 Å². The van der Waals surface area contributed by atoms with Gasteiger partial charge in [-0.25, -0.2) is 4.79 Å². The molecule has 0 spiro atoms. The first-order valence-electron chi connectivity index (χ1n) is 9.31. The van der Waals surface area contributed by atoms with Gasteiger partial charge in [-0.15, -0.1) is 0 Å². The van der Waals surface area contributed by atoms with Crippen LogP contribution in [0.25, 0.3) is 0 Å². The molecule has 0 radical (unpaired) electrons. The van der Waals surface area contributed by atoms with Crippen LogP contribution in [0.5, 0.6) is 0 Å². The summed E-state index contributed by atoms with van der Waals surface area (Å²) >= 11 is 0. The molecule has 6 nitrogen and oxygen atoms in total. The van der Waals surface area contributed by atoms with E-state index in [0.717, 1.165) is 23.2 Å². The maximum atomic E-state index is 12.7. The van der Waals surface area contributed by atoms with Crippen LogP contribution in [0.15, 0.2) is 42.5 Å². The van der Waals surface area contributed by atoms with Crippen molar-refractivity contribution >= 4 is 29.2 Å². The molecule has 2 rings (SSSR count). The highest BCUT2D eigenvalue weighted by molar-refractivity contribution is 6.06. The first kappa shape index (κ1) is 21.2. The van der Waals surface area contributed by atoms with Crippen LogP contribution in [0.3, 0.4) is 0 Å². The fourth-order valence-electron chi connectivity index (χ4n) is 2.98. The van der Waals surface area contributed by atoms with Crippen molar-refractivity contribution in [1.29, 1.82) is 0 Å². The lowest BCUT2D eigenvalue weighted by Crippen LogP contribution is -2.38. The molecule has 0 unspecified atom stereocenters. The molecule has 1 N–H and O–H groups in total. The van der Waals surface area contributed by atoms with Gasteiger partial charge in [0, 0.05) is 12.6 Å². The van der Waals surface area contributed by atoms with Gasteiger partial charge in [-0.1, -0.05) is 37.3 Å². The first-order valence-corrected chi connectivity index (χ1v) is 9.31. The van der Waals surface area contributed by atoms with Crippen LogP contribution in [0, 0.1) is 6.92 Å². The fraction of sp³-hybridized carbons (Fsp3) is 0.318. The third-order valence-electron chi connectivity index (χ3n) is 4.38. The zero-order chi connectivity index (χ0) is 20.7. The van der Waals surface area contributed by atoms with Crippen LogP contribution in [0.4, 0.5) is 11.4 Å². The minimum absolute atomic E-state index is 0.205. The number of carbonyl (C=O) groups excluding carboxylic acids is 3. The molecule has 148 valence electrons. The topological polar surface area (TPSA) is 75.7 Å². The third kappa shape index (κ3) is 4.97. The van der Waals surface area contributed by atoms with Crippen molar-refractivity contribution < 1.29 is 19.1 Å². The van der Waals surface area contributed by atoms with Crippen molar-refractivity contribution in [2.24, 2.45) is 0 Å². The van der Waals surface area contributed by atoms with Gasteiger partial charge in [-0.2, -0.15) is 0 Å². The summed E-state index contributed by atoms with van der Waals surface area (Å²) in [6, 6.07) is 12.4. The molecule has 0 atom stereocenters. The number of nitrogens with one attached hydrogen (secondary N) is 1. The van der Waals surface area contributed by atoms with E-state index >= 15 is 0 Å². The molecule has 0 aromatic heterocycles. The van der Waals surface area contributed by atoms with Gasteiger partial charge in [-0.3, -0.25) is 9.59 Å². The van der Waals surface area contributed by atoms with E-state index in [9.17, 15) is 14.4 Å². The highest BCUT2D eigenvalue weighted by Gasteiger charge is 2.22. The molecule has 6 heteroatoms. The van der Waals surface area contributed by atoms with Crippen LogP contribution in [-0.4, -0.2) is 30.9 Å². The minimum atomic E-state index is -0.531. The van der Waals surface area contributed by atoms with Gasteiger partial charge in [0.05, 0.1) is 17.9 Å². The molecule has 0 fully saturated rings. The summed E-state index contributed by atoms with van der Waals surface area (Å²) in [5, 5.41) is 2.91. The zero-order valence-electron chi connectivity index (χ0n) is 16.7. The van der Waals surface area contributed by atoms with Crippen LogP contribution < -0.4 is 10.2 Å². The molecular weight excluding hydrogens is 356 g/mol. The van der Waals surface area contributed by atoms with Gasteiger partial charge in [0.1, 0.15) is 6.54 Å². The Morgan fingerprint density at radius 1 is 1.04 bits per heavy atom. The van der Waals surface area contributed by atoms with Gasteiger partial charge in [0.15, 0.2) is 0 Å². The van der Waals surface area contributed by atoms with Crippen LogP contribution >= 0.6 is 0 Å². The molecule has 0 aliphatic carbocycles. The van der Waals surface area contributed by atoms with Crippen LogP contribution in [0.1, 0.15) is 42.3 Å². The van der Waals surface area contributed by atoms with Gasteiger partial charge < -0.3 is 15.0 Å². The monoisotopic (exact) mass is 382 g/mol. The van der Waals surface area contributed by atoms with E-state index in [1.165, 1.54) is 11.8 Å². The van der Waals surface area contributed by atoms with Crippen molar-refractivity contribution in [3.63, 3.8) is 0 Å². The Balaban J connectivity index is 2.29. The van der Waals surface area contributed by atoms with E-state index in [0.29, 0.717) is 5.69 Å². The second kappa shape index (κ2) is 9.69. The smallest absolute Gasteiger partial charge is 0.340 e. The van der Waals surface area contributed by atoms with Crippen molar-refractivity contribution in [2.75, 3.05) is 23.4 Å². The Morgan fingerprint density at radius 2 is 1.75 bits per heavy atom. The molecule has 0 saturated carbocycles.